The molecule has 0 amide bonds. The molecule has 0 spiro atoms. The van der Waals surface area contributed by atoms with E-state index in [1.807, 2.05) is 35.7 Å². The van der Waals surface area contributed by atoms with Crippen molar-refractivity contribution in [2.45, 2.75) is 6.42 Å². The van der Waals surface area contributed by atoms with Crippen molar-refractivity contribution in [1.29, 1.82) is 0 Å². The number of rotatable bonds is 6. The van der Waals surface area contributed by atoms with Crippen LogP contribution in [-0.2, 0) is 0 Å². The highest BCUT2D eigenvalue weighted by Gasteiger charge is 2.12. The van der Waals surface area contributed by atoms with E-state index in [9.17, 15) is 0 Å². The van der Waals surface area contributed by atoms with Gasteiger partial charge in [0, 0.05) is 11.9 Å². The zero-order chi connectivity index (χ0) is 16.2. The molecule has 4 nitrogen and oxygen atoms in total. The second-order valence-corrected chi connectivity index (χ2v) is 6.92. The summed E-state index contributed by atoms with van der Waals surface area (Å²) < 4.78 is 0. The van der Waals surface area contributed by atoms with Crippen LogP contribution in [0.1, 0.15) is 6.42 Å². The van der Waals surface area contributed by atoms with Gasteiger partial charge in [0.15, 0.2) is 5.82 Å². The number of halogens is 1. The van der Waals surface area contributed by atoms with Crippen molar-refractivity contribution in [1.82, 2.24) is 14.9 Å². The molecule has 0 saturated carbocycles. The molecule has 0 saturated heterocycles. The average Bonchev–Trinajstić information content (AvgIpc) is 2.97. The molecule has 6 heteroatoms. The second-order valence-electron chi connectivity index (χ2n) is 5.59. The third-order valence-corrected chi connectivity index (χ3v) is 4.84. The first-order chi connectivity index (χ1) is 11.1. The smallest absolute Gasteiger partial charge is 0.173 e. The molecule has 120 valence electrons. The van der Waals surface area contributed by atoms with E-state index in [1.54, 1.807) is 11.3 Å². The SMILES string of the molecule is CN(C)CCCNc1nc(-c2sccc2Cl)nc2ccccc12. The van der Waals surface area contributed by atoms with Gasteiger partial charge in [0.2, 0.25) is 0 Å². The van der Waals surface area contributed by atoms with Gasteiger partial charge in [-0.25, -0.2) is 9.97 Å². The number of aromatic nitrogens is 2. The number of thiophene rings is 1. The highest BCUT2D eigenvalue weighted by molar-refractivity contribution is 7.14. The molecule has 0 unspecified atom stereocenters. The molecule has 3 aromatic rings. The Kier molecular flexibility index (Phi) is 5.10. The molecule has 0 fully saturated rings. The Labute approximate surface area is 145 Å². The van der Waals surface area contributed by atoms with Gasteiger partial charge in [-0.1, -0.05) is 23.7 Å². The van der Waals surface area contributed by atoms with Crippen LogP contribution in [0.25, 0.3) is 21.6 Å². The van der Waals surface area contributed by atoms with E-state index in [1.165, 1.54) is 0 Å². The topological polar surface area (TPSA) is 41.0 Å². The molecule has 23 heavy (non-hydrogen) atoms. The van der Waals surface area contributed by atoms with Crippen LogP contribution in [0.5, 0.6) is 0 Å². The lowest BCUT2D eigenvalue weighted by atomic mass is 10.2. The van der Waals surface area contributed by atoms with Crippen LogP contribution in [0.3, 0.4) is 0 Å². The summed E-state index contributed by atoms with van der Waals surface area (Å²) in [5.74, 6) is 1.55. The van der Waals surface area contributed by atoms with Crippen molar-refractivity contribution in [3.63, 3.8) is 0 Å². The molecular formula is C17H19ClN4S. The first-order valence-corrected chi connectivity index (χ1v) is 8.79. The van der Waals surface area contributed by atoms with Gasteiger partial charge in [0.05, 0.1) is 15.4 Å². The van der Waals surface area contributed by atoms with Crippen LogP contribution in [0.2, 0.25) is 5.02 Å². The van der Waals surface area contributed by atoms with Crippen molar-refractivity contribution in [2.75, 3.05) is 32.5 Å². The zero-order valence-corrected chi connectivity index (χ0v) is 14.8. The normalized spacial score (nSPS) is 11.3. The average molecular weight is 347 g/mol. The standard InChI is InChI=1S/C17H19ClN4S/c1-22(2)10-5-9-19-16-12-6-3-4-7-14(12)20-17(21-16)15-13(18)8-11-23-15/h3-4,6-8,11H,5,9-10H2,1-2H3,(H,19,20,21). The Morgan fingerprint density at radius 3 is 2.74 bits per heavy atom. The number of para-hydroxylation sites is 1. The summed E-state index contributed by atoms with van der Waals surface area (Å²) in [6.07, 6.45) is 1.06. The fraction of sp³-hybridized carbons (Fsp3) is 0.294. The number of anilines is 1. The van der Waals surface area contributed by atoms with E-state index in [4.69, 9.17) is 16.6 Å². The predicted molar refractivity (Wildman–Crippen MR) is 99.5 cm³/mol. The molecule has 0 atom stereocenters. The lowest BCUT2D eigenvalue weighted by Crippen LogP contribution is -2.16. The molecule has 1 N–H and O–H groups in total. The highest BCUT2D eigenvalue weighted by Crippen LogP contribution is 2.33. The van der Waals surface area contributed by atoms with Gasteiger partial charge < -0.3 is 10.2 Å². The van der Waals surface area contributed by atoms with Crippen molar-refractivity contribution < 1.29 is 0 Å². The molecule has 3 rings (SSSR count). The van der Waals surface area contributed by atoms with Crippen LogP contribution in [-0.4, -0.2) is 42.1 Å². The molecule has 0 bridgehead atoms. The van der Waals surface area contributed by atoms with Gasteiger partial charge in [-0.2, -0.15) is 0 Å². The molecule has 0 aliphatic heterocycles. The number of nitrogens with zero attached hydrogens (tertiary/aromatic N) is 3. The largest absolute Gasteiger partial charge is 0.369 e. The van der Waals surface area contributed by atoms with E-state index < -0.39 is 0 Å². The number of nitrogens with one attached hydrogen (secondary N) is 1. The maximum atomic E-state index is 6.24. The van der Waals surface area contributed by atoms with Crippen LogP contribution in [0.15, 0.2) is 35.7 Å². The van der Waals surface area contributed by atoms with E-state index in [0.717, 1.165) is 41.1 Å². The second kappa shape index (κ2) is 7.25. The predicted octanol–water partition coefficient (Wildman–Crippen LogP) is 4.38. The molecule has 2 aromatic heterocycles. The number of fused-ring (bicyclic) bond motifs is 1. The maximum Gasteiger partial charge on any atom is 0.173 e. The van der Waals surface area contributed by atoms with Gasteiger partial charge in [-0.15, -0.1) is 11.3 Å². The summed E-state index contributed by atoms with van der Waals surface area (Å²) in [5.41, 5.74) is 0.928. The minimum absolute atomic E-state index is 0.679. The van der Waals surface area contributed by atoms with Gasteiger partial charge in [-0.3, -0.25) is 0 Å². The fourth-order valence-electron chi connectivity index (χ4n) is 2.37. The van der Waals surface area contributed by atoms with Crippen LogP contribution < -0.4 is 5.32 Å². The number of benzene rings is 1. The Balaban J connectivity index is 1.93. The summed E-state index contributed by atoms with van der Waals surface area (Å²) in [4.78, 5) is 12.5. The monoisotopic (exact) mass is 346 g/mol. The van der Waals surface area contributed by atoms with Crippen molar-refractivity contribution in [3.8, 4) is 10.7 Å². The van der Waals surface area contributed by atoms with Gasteiger partial charge in [-0.05, 0) is 50.6 Å². The molecule has 0 radical (unpaired) electrons. The zero-order valence-electron chi connectivity index (χ0n) is 13.2. The van der Waals surface area contributed by atoms with E-state index in [2.05, 4.69) is 29.3 Å². The first kappa shape index (κ1) is 16.2. The molecular weight excluding hydrogens is 328 g/mol. The highest BCUT2D eigenvalue weighted by atomic mass is 35.5. The quantitative estimate of drug-likeness (QED) is 0.673. The summed E-state index contributed by atoms with van der Waals surface area (Å²) in [6.45, 7) is 1.91. The lowest BCUT2D eigenvalue weighted by molar-refractivity contribution is 0.405. The van der Waals surface area contributed by atoms with Crippen molar-refractivity contribution in [2.24, 2.45) is 0 Å². The Morgan fingerprint density at radius 1 is 1.17 bits per heavy atom. The minimum Gasteiger partial charge on any atom is -0.369 e. The summed E-state index contributed by atoms with van der Waals surface area (Å²) in [5, 5.41) is 7.14. The van der Waals surface area contributed by atoms with Crippen LogP contribution >= 0.6 is 22.9 Å². The minimum atomic E-state index is 0.679. The van der Waals surface area contributed by atoms with E-state index >= 15 is 0 Å². The van der Waals surface area contributed by atoms with Crippen LogP contribution in [0, 0.1) is 0 Å². The van der Waals surface area contributed by atoms with Crippen molar-refractivity contribution >= 4 is 39.7 Å². The molecule has 0 aliphatic carbocycles. The Hall–Kier alpha value is -1.69. The lowest BCUT2D eigenvalue weighted by Gasteiger charge is -2.12. The molecule has 0 aliphatic rings. The van der Waals surface area contributed by atoms with E-state index in [0.29, 0.717) is 10.8 Å². The third kappa shape index (κ3) is 3.80. The third-order valence-electron chi connectivity index (χ3n) is 3.50. The Morgan fingerprint density at radius 2 is 2.00 bits per heavy atom. The van der Waals surface area contributed by atoms with Gasteiger partial charge in [0.1, 0.15) is 5.82 Å². The number of hydrogen-bond donors (Lipinski definition) is 1. The Bertz CT molecular complexity index is 800. The molecule has 1 aromatic carbocycles. The summed E-state index contributed by atoms with van der Waals surface area (Å²) in [6, 6.07) is 9.93. The molecule has 2 heterocycles. The summed E-state index contributed by atoms with van der Waals surface area (Å²) in [7, 11) is 4.16. The van der Waals surface area contributed by atoms with Crippen molar-refractivity contribution in [3.05, 3.63) is 40.7 Å². The van der Waals surface area contributed by atoms with Gasteiger partial charge >= 0.3 is 0 Å². The van der Waals surface area contributed by atoms with Crippen LogP contribution in [0.4, 0.5) is 5.82 Å². The van der Waals surface area contributed by atoms with E-state index in [-0.39, 0.29) is 0 Å². The number of hydrogen-bond acceptors (Lipinski definition) is 5. The summed E-state index contributed by atoms with van der Waals surface area (Å²) >= 11 is 7.80. The van der Waals surface area contributed by atoms with Gasteiger partial charge in [0.25, 0.3) is 0 Å². The maximum absolute atomic E-state index is 6.24. The fourth-order valence-corrected chi connectivity index (χ4v) is 3.44. The first-order valence-electron chi connectivity index (χ1n) is 7.54.